The topological polar surface area (TPSA) is 74.2 Å². The van der Waals surface area contributed by atoms with E-state index in [0.29, 0.717) is 35.2 Å². The number of rotatable bonds is 8. The quantitative estimate of drug-likeness (QED) is 0.699. The highest BCUT2D eigenvalue weighted by molar-refractivity contribution is 5.75. The molecule has 0 saturated carbocycles. The molecule has 3 rings (SSSR count). The van der Waals surface area contributed by atoms with E-state index < -0.39 is 18.2 Å². The molecule has 2 atom stereocenters. The Morgan fingerprint density at radius 3 is 2.48 bits per heavy atom. The van der Waals surface area contributed by atoms with Crippen LogP contribution in [0.3, 0.4) is 0 Å². The number of aliphatic carboxylic acids is 1. The largest absolute Gasteiger partial charge is 0.493 e. The maximum atomic E-state index is 11.8. The predicted molar refractivity (Wildman–Crippen MR) is 99.9 cm³/mol. The summed E-state index contributed by atoms with van der Waals surface area (Å²) in [4.78, 5) is 11.8. The van der Waals surface area contributed by atoms with Gasteiger partial charge in [-0.3, -0.25) is 0 Å². The molecule has 6 heteroatoms. The Bertz CT molecular complexity index is 788. The third kappa shape index (κ3) is 4.10. The summed E-state index contributed by atoms with van der Waals surface area (Å²) in [5.41, 5.74) is 0.591. The molecule has 1 aliphatic rings. The van der Waals surface area contributed by atoms with E-state index in [1.54, 1.807) is 43.5 Å². The molecule has 1 heterocycles. The van der Waals surface area contributed by atoms with Gasteiger partial charge in [0.2, 0.25) is 6.10 Å². The second-order valence-corrected chi connectivity index (χ2v) is 6.30. The minimum absolute atomic E-state index is 0.412. The summed E-state index contributed by atoms with van der Waals surface area (Å²) in [6.45, 7) is 2.64. The zero-order chi connectivity index (χ0) is 19.2. The molecule has 0 fully saturated rings. The second-order valence-electron chi connectivity index (χ2n) is 6.30. The fraction of sp³-hybridized carbons (Fsp3) is 0.381. The number of para-hydroxylation sites is 3. The number of carboxylic acids is 1. The van der Waals surface area contributed by atoms with Gasteiger partial charge >= 0.3 is 5.97 Å². The van der Waals surface area contributed by atoms with Crippen molar-refractivity contribution in [2.45, 2.75) is 38.4 Å². The summed E-state index contributed by atoms with van der Waals surface area (Å²) in [5.74, 6) is 0.842. The molecule has 0 amide bonds. The number of hydrogen-bond acceptors (Lipinski definition) is 5. The SMILES string of the molecule is CCCCCOc1c(OC)cccc1C1Oc2ccccc2OC1C(=O)O. The number of hydrogen-bond donors (Lipinski definition) is 1. The predicted octanol–water partition coefficient (Wildman–Crippen LogP) is 4.23. The third-order valence-electron chi connectivity index (χ3n) is 4.41. The summed E-state index contributed by atoms with van der Waals surface area (Å²) >= 11 is 0. The molecule has 0 saturated heterocycles. The molecule has 1 aliphatic heterocycles. The van der Waals surface area contributed by atoms with Crippen LogP contribution in [0.15, 0.2) is 42.5 Å². The maximum Gasteiger partial charge on any atom is 0.349 e. The van der Waals surface area contributed by atoms with Crippen molar-refractivity contribution in [2.75, 3.05) is 13.7 Å². The molecular weight excluding hydrogens is 348 g/mol. The Morgan fingerprint density at radius 2 is 1.81 bits per heavy atom. The van der Waals surface area contributed by atoms with Gasteiger partial charge in [0.15, 0.2) is 29.1 Å². The molecule has 144 valence electrons. The lowest BCUT2D eigenvalue weighted by Crippen LogP contribution is -2.39. The van der Waals surface area contributed by atoms with E-state index in [9.17, 15) is 9.90 Å². The minimum Gasteiger partial charge on any atom is -0.493 e. The standard InChI is InChI=1S/C21H24O6/c1-3-4-7-13-25-18-14(9-8-12-17(18)24-2)19-20(21(22)23)27-16-11-6-5-10-15(16)26-19/h5-6,8-12,19-20H,3-4,7,13H2,1-2H3,(H,22,23). The van der Waals surface area contributed by atoms with Gasteiger partial charge < -0.3 is 24.1 Å². The first-order valence-electron chi connectivity index (χ1n) is 9.10. The Kier molecular flexibility index (Phi) is 6.06. The molecule has 2 aromatic carbocycles. The van der Waals surface area contributed by atoms with E-state index in [2.05, 4.69) is 6.92 Å². The molecule has 1 N–H and O–H groups in total. The summed E-state index contributed by atoms with van der Waals surface area (Å²) in [6, 6.07) is 12.4. The highest BCUT2D eigenvalue weighted by Crippen LogP contribution is 2.44. The third-order valence-corrected chi connectivity index (χ3v) is 4.41. The molecule has 0 aromatic heterocycles. The number of benzene rings is 2. The highest BCUT2D eigenvalue weighted by Gasteiger charge is 2.40. The second kappa shape index (κ2) is 8.66. The molecule has 0 bridgehead atoms. The average molecular weight is 372 g/mol. The average Bonchev–Trinajstić information content (AvgIpc) is 2.70. The van der Waals surface area contributed by atoms with E-state index >= 15 is 0 Å². The summed E-state index contributed by atoms with van der Waals surface area (Å²) < 4.78 is 23.1. The van der Waals surface area contributed by atoms with Gasteiger partial charge in [-0.1, -0.05) is 44.0 Å². The molecule has 0 spiro atoms. The van der Waals surface area contributed by atoms with Crippen molar-refractivity contribution in [3.8, 4) is 23.0 Å². The van der Waals surface area contributed by atoms with Gasteiger partial charge in [0.25, 0.3) is 0 Å². The molecular formula is C21H24O6. The van der Waals surface area contributed by atoms with E-state index in [1.165, 1.54) is 0 Å². The summed E-state index contributed by atoms with van der Waals surface area (Å²) in [7, 11) is 1.56. The number of carbonyl (C=O) groups is 1. The number of carboxylic acid groups (broad SMARTS) is 1. The Labute approximate surface area is 158 Å². The molecule has 2 unspecified atom stereocenters. The van der Waals surface area contributed by atoms with E-state index in [1.807, 2.05) is 6.07 Å². The fourth-order valence-electron chi connectivity index (χ4n) is 3.05. The summed E-state index contributed by atoms with van der Waals surface area (Å²) in [6.07, 6.45) is 0.998. The van der Waals surface area contributed by atoms with Crippen molar-refractivity contribution in [1.82, 2.24) is 0 Å². The van der Waals surface area contributed by atoms with E-state index in [-0.39, 0.29) is 0 Å². The lowest BCUT2D eigenvalue weighted by molar-refractivity contribution is -0.151. The van der Waals surface area contributed by atoms with E-state index in [0.717, 1.165) is 19.3 Å². The first kappa shape index (κ1) is 18.9. The van der Waals surface area contributed by atoms with Crippen LogP contribution in [0, 0.1) is 0 Å². The van der Waals surface area contributed by atoms with Gasteiger partial charge in [-0.25, -0.2) is 4.79 Å². The molecule has 2 aromatic rings. The van der Waals surface area contributed by atoms with Crippen LogP contribution in [0.1, 0.15) is 37.9 Å². The van der Waals surface area contributed by atoms with Crippen molar-refractivity contribution >= 4 is 5.97 Å². The van der Waals surface area contributed by atoms with Crippen molar-refractivity contribution in [3.05, 3.63) is 48.0 Å². The van der Waals surface area contributed by atoms with Crippen molar-refractivity contribution in [2.24, 2.45) is 0 Å². The van der Waals surface area contributed by atoms with Gasteiger partial charge in [-0.15, -0.1) is 0 Å². The lowest BCUT2D eigenvalue weighted by atomic mass is 10.0. The van der Waals surface area contributed by atoms with Gasteiger partial charge in [0, 0.05) is 5.56 Å². The summed E-state index contributed by atoms with van der Waals surface area (Å²) in [5, 5.41) is 9.68. The van der Waals surface area contributed by atoms with Crippen LogP contribution >= 0.6 is 0 Å². The van der Waals surface area contributed by atoms with Crippen LogP contribution < -0.4 is 18.9 Å². The van der Waals surface area contributed by atoms with Crippen LogP contribution in [-0.2, 0) is 4.79 Å². The normalized spacial score (nSPS) is 18.0. The maximum absolute atomic E-state index is 11.8. The first-order chi connectivity index (χ1) is 13.2. The molecule has 0 radical (unpaired) electrons. The van der Waals surface area contributed by atoms with Gasteiger partial charge in [0.05, 0.1) is 13.7 Å². The van der Waals surface area contributed by atoms with Crippen LogP contribution in [0.5, 0.6) is 23.0 Å². The fourth-order valence-corrected chi connectivity index (χ4v) is 3.05. The van der Waals surface area contributed by atoms with Gasteiger partial charge in [-0.05, 0) is 24.6 Å². The number of unbranched alkanes of at least 4 members (excludes halogenated alkanes) is 2. The van der Waals surface area contributed by atoms with E-state index in [4.69, 9.17) is 18.9 Å². The zero-order valence-corrected chi connectivity index (χ0v) is 15.5. The van der Waals surface area contributed by atoms with Crippen molar-refractivity contribution in [1.29, 1.82) is 0 Å². The monoisotopic (exact) mass is 372 g/mol. The number of fused-ring (bicyclic) bond motifs is 1. The molecule has 27 heavy (non-hydrogen) atoms. The van der Waals surface area contributed by atoms with Crippen LogP contribution in [0.4, 0.5) is 0 Å². The van der Waals surface area contributed by atoms with Crippen molar-refractivity contribution in [3.63, 3.8) is 0 Å². The lowest BCUT2D eigenvalue weighted by Gasteiger charge is -2.32. The van der Waals surface area contributed by atoms with Gasteiger partial charge in [-0.2, -0.15) is 0 Å². The van der Waals surface area contributed by atoms with Crippen LogP contribution in [0.25, 0.3) is 0 Å². The minimum atomic E-state index is -1.19. The van der Waals surface area contributed by atoms with Crippen LogP contribution in [-0.4, -0.2) is 30.9 Å². The number of methoxy groups -OCH3 is 1. The Balaban J connectivity index is 1.96. The van der Waals surface area contributed by atoms with Crippen molar-refractivity contribution < 1.29 is 28.8 Å². The Morgan fingerprint density at radius 1 is 1.07 bits per heavy atom. The van der Waals surface area contributed by atoms with Crippen LogP contribution in [0.2, 0.25) is 0 Å². The van der Waals surface area contributed by atoms with Gasteiger partial charge in [0.1, 0.15) is 0 Å². The highest BCUT2D eigenvalue weighted by atomic mass is 16.6. The Hall–Kier alpha value is -2.89. The number of ether oxygens (including phenoxy) is 4. The zero-order valence-electron chi connectivity index (χ0n) is 15.5. The first-order valence-corrected chi connectivity index (χ1v) is 9.10. The molecule has 6 nitrogen and oxygen atoms in total. The molecule has 0 aliphatic carbocycles. The smallest absolute Gasteiger partial charge is 0.349 e.